The van der Waals surface area contributed by atoms with Gasteiger partial charge in [-0.1, -0.05) is 18.2 Å². The van der Waals surface area contributed by atoms with E-state index < -0.39 is 6.10 Å². The van der Waals surface area contributed by atoms with Gasteiger partial charge in [0.1, 0.15) is 17.7 Å². The van der Waals surface area contributed by atoms with E-state index in [1.807, 2.05) is 25.1 Å². The first-order chi connectivity index (χ1) is 12.6. The molecule has 1 unspecified atom stereocenters. The number of piperazine rings is 1. The van der Waals surface area contributed by atoms with Gasteiger partial charge in [-0.25, -0.2) is 4.39 Å². The van der Waals surface area contributed by atoms with Crippen molar-refractivity contribution >= 4 is 17.3 Å². The molecule has 2 aromatic carbocycles. The lowest BCUT2D eigenvalue weighted by Crippen LogP contribution is -2.51. The molecular formula is C20H22FN3O2. The van der Waals surface area contributed by atoms with E-state index in [4.69, 9.17) is 4.74 Å². The molecule has 5 nitrogen and oxygen atoms in total. The molecular weight excluding hydrogens is 333 g/mol. The highest BCUT2D eigenvalue weighted by Gasteiger charge is 2.30. The molecule has 2 N–H and O–H groups in total. The number of hydrogen-bond donors (Lipinski definition) is 2. The van der Waals surface area contributed by atoms with E-state index in [-0.39, 0.29) is 17.8 Å². The number of rotatable bonds is 3. The normalized spacial score (nSPS) is 20.5. The van der Waals surface area contributed by atoms with Crippen LogP contribution in [0.15, 0.2) is 42.5 Å². The van der Waals surface area contributed by atoms with Crippen LogP contribution >= 0.6 is 0 Å². The largest absolute Gasteiger partial charge is 0.486 e. The minimum atomic E-state index is -0.409. The predicted molar refractivity (Wildman–Crippen MR) is 99.1 cm³/mol. The molecule has 1 amide bonds. The fraction of sp³-hybridized carbons (Fsp3) is 0.350. The van der Waals surface area contributed by atoms with Crippen LogP contribution in [0.2, 0.25) is 0 Å². The molecule has 2 heterocycles. The number of benzene rings is 2. The molecule has 0 aromatic heterocycles. The van der Waals surface area contributed by atoms with Crippen LogP contribution in [0.4, 0.5) is 15.8 Å². The number of nitrogens with one attached hydrogen (secondary N) is 2. The number of ether oxygens (including phenoxy) is 1. The van der Waals surface area contributed by atoms with Crippen molar-refractivity contribution in [3.63, 3.8) is 0 Å². The van der Waals surface area contributed by atoms with Crippen LogP contribution < -0.4 is 20.3 Å². The molecule has 136 valence electrons. The maximum atomic E-state index is 14.0. The lowest BCUT2D eigenvalue weighted by molar-refractivity contribution is -0.116. The number of fused-ring (bicyclic) bond motifs is 3. The molecule has 2 atom stereocenters. The third-order valence-corrected chi connectivity index (χ3v) is 4.98. The van der Waals surface area contributed by atoms with Gasteiger partial charge in [-0.15, -0.1) is 0 Å². The minimum Gasteiger partial charge on any atom is -0.486 e. The SMILES string of the molecule is C[C@H](Oc1ccc2c(c1)N1CCNCC1CC(=O)N2)c1ccccc1F. The summed E-state index contributed by atoms with van der Waals surface area (Å²) in [6.07, 6.45) is 0.0530. The van der Waals surface area contributed by atoms with Crippen LogP contribution in [-0.4, -0.2) is 31.6 Å². The van der Waals surface area contributed by atoms with Crippen LogP contribution in [0.25, 0.3) is 0 Å². The van der Waals surface area contributed by atoms with E-state index in [2.05, 4.69) is 15.5 Å². The fourth-order valence-electron chi connectivity index (χ4n) is 3.68. The van der Waals surface area contributed by atoms with Crippen molar-refractivity contribution < 1.29 is 13.9 Å². The molecule has 2 aliphatic heterocycles. The number of carbonyl (C=O) groups excluding carboxylic acids is 1. The third-order valence-electron chi connectivity index (χ3n) is 4.98. The first-order valence-corrected chi connectivity index (χ1v) is 8.94. The number of carbonyl (C=O) groups is 1. The average Bonchev–Trinajstić information content (AvgIpc) is 2.77. The van der Waals surface area contributed by atoms with Gasteiger partial charge in [-0.3, -0.25) is 4.79 Å². The third kappa shape index (κ3) is 3.24. The van der Waals surface area contributed by atoms with Gasteiger partial charge in [0.25, 0.3) is 0 Å². The van der Waals surface area contributed by atoms with Gasteiger partial charge in [0, 0.05) is 37.7 Å². The lowest BCUT2D eigenvalue weighted by Gasteiger charge is -2.36. The highest BCUT2D eigenvalue weighted by atomic mass is 19.1. The summed E-state index contributed by atoms with van der Waals surface area (Å²) in [4.78, 5) is 14.4. The molecule has 1 fully saturated rings. The highest BCUT2D eigenvalue weighted by Crippen LogP contribution is 2.36. The molecule has 0 bridgehead atoms. The smallest absolute Gasteiger partial charge is 0.226 e. The summed E-state index contributed by atoms with van der Waals surface area (Å²) in [5.74, 6) is 0.410. The standard InChI is InChI=1S/C20H22FN3O2/c1-13(16-4-2-3-5-17(16)21)26-15-6-7-18-19(11-15)24-9-8-22-12-14(24)10-20(25)23-18/h2-7,11,13-14,22H,8-10,12H2,1H3,(H,23,25)/t13-,14?/m0/s1. The Morgan fingerprint density at radius 1 is 1.27 bits per heavy atom. The van der Waals surface area contributed by atoms with E-state index in [0.29, 0.717) is 17.7 Å². The van der Waals surface area contributed by atoms with Gasteiger partial charge in [-0.05, 0) is 25.1 Å². The number of hydrogen-bond acceptors (Lipinski definition) is 4. The van der Waals surface area contributed by atoms with Crippen LogP contribution in [0, 0.1) is 5.82 Å². The van der Waals surface area contributed by atoms with Gasteiger partial charge in [0.05, 0.1) is 17.4 Å². The van der Waals surface area contributed by atoms with Gasteiger partial charge in [0.2, 0.25) is 5.91 Å². The first kappa shape index (κ1) is 16.8. The molecule has 1 saturated heterocycles. The summed E-state index contributed by atoms with van der Waals surface area (Å²) in [5, 5.41) is 6.32. The lowest BCUT2D eigenvalue weighted by atomic mass is 10.1. The maximum Gasteiger partial charge on any atom is 0.226 e. The molecule has 2 aromatic rings. The monoisotopic (exact) mass is 355 g/mol. The summed E-state index contributed by atoms with van der Waals surface area (Å²) < 4.78 is 20.0. The molecule has 0 radical (unpaired) electrons. The Bertz CT molecular complexity index is 826. The van der Waals surface area contributed by atoms with Crippen LogP contribution in [-0.2, 0) is 4.79 Å². The first-order valence-electron chi connectivity index (χ1n) is 8.94. The highest BCUT2D eigenvalue weighted by molar-refractivity contribution is 5.97. The molecule has 2 aliphatic rings. The molecule has 0 saturated carbocycles. The second-order valence-corrected chi connectivity index (χ2v) is 6.76. The zero-order valence-corrected chi connectivity index (χ0v) is 14.7. The number of amides is 1. The zero-order valence-electron chi connectivity index (χ0n) is 14.7. The molecule has 6 heteroatoms. The minimum absolute atomic E-state index is 0.0239. The Morgan fingerprint density at radius 2 is 2.12 bits per heavy atom. The van der Waals surface area contributed by atoms with Crippen molar-refractivity contribution in [1.29, 1.82) is 0 Å². The van der Waals surface area contributed by atoms with E-state index in [1.54, 1.807) is 18.2 Å². The Hall–Kier alpha value is -2.60. The van der Waals surface area contributed by atoms with Crippen LogP contribution in [0.1, 0.15) is 25.0 Å². The summed E-state index contributed by atoms with van der Waals surface area (Å²) in [5.41, 5.74) is 2.28. The molecule has 4 rings (SSSR count). The van der Waals surface area contributed by atoms with Crippen molar-refractivity contribution in [3.8, 4) is 5.75 Å². The van der Waals surface area contributed by atoms with Crippen molar-refractivity contribution in [2.75, 3.05) is 29.9 Å². The molecule has 0 aliphatic carbocycles. The maximum absolute atomic E-state index is 14.0. The average molecular weight is 355 g/mol. The Balaban J connectivity index is 1.63. The summed E-state index contributed by atoms with van der Waals surface area (Å²) in [6, 6.07) is 12.4. The Morgan fingerprint density at radius 3 is 2.96 bits per heavy atom. The second kappa shape index (κ2) is 6.96. The number of anilines is 2. The van der Waals surface area contributed by atoms with Gasteiger partial charge >= 0.3 is 0 Å². The topological polar surface area (TPSA) is 53.6 Å². The number of nitrogens with zero attached hydrogens (tertiary/aromatic N) is 1. The van der Waals surface area contributed by atoms with Crippen molar-refractivity contribution in [2.24, 2.45) is 0 Å². The van der Waals surface area contributed by atoms with Gasteiger partial charge in [0.15, 0.2) is 0 Å². The second-order valence-electron chi connectivity index (χ2n) is 6.76. The fourth-order valence-corrected chi connectivity index (χ4v) is 3.68. The predicted octanol–water partition coefficient (Wildman–Crippen LogP) is 3.09. The van der Waals surface area contributed by atoms with E-state index >= 15 is 0 Å². The quantitative estimate of drug-likeness (QED) is 0.888. The van der Waals surface area contributed by atoms with Crippen LogP contribution in [0.3, 0.4) is 0 Å². The van der Waals surface area contributed by atoms with E-state index in [1.165, 1.54) is 6.07 Å². The van der Waals surface area contributed by atoms with Crippen molar-refractivity contribution in [1.82, 2.24) is 5.32 Å². The number of halogens is 1. The van der Waals surface area contributed by atoms with Gasteiger partial charge < -0.3 is 20.3 Å². The summed E-state index contributed by atoms with van der Waals surface area (Å²) >= 11 is 0. The summed E-state index contributed by atoms with van der Waals surface area (Å²) in [6.45, 7) is 4.32. The van der Waals surface area contributed by atoms with Gasteiger partial charge in [-0.2, -0.15) is 0 Å². The zero-order chi connectivity index (χ0) is 18.1. The van der Waals surface area contributed by atoms with E-state index in [0.717, 1.165) is 31.0 Å². The summed E-state index contributed by atoms with van der Waals surface area (Å²) in [7, 11) is 0. The van der Waals surface area contributed by atoms with Crippen molar-refractivity contribution in [2.45, 2.75) is 25.5 Å². The Kier molecular flexibility index (Phi) is 4.51. The van der Waals surface area contributed by atoms with Crippen LogP contribution in [0.5, 0.6) is 5.75 Å². The molecule has 26 heavy (non-hydrogen) atoms. The molecule has 0 spiro atoms. The Labute approximate surface area is 152 Å². The van der Waals surface area contributed by atoms with Crippen molar-refractivity contribution in [3.05, 3.63) is 53.8 Å². The van der Waals surface area contributed by atoms with E-state index in [9.17, 15) is 9.18 Å².